The molecule has 0 aliphatic heterocycles. The van der Waals surface area contributed by atoms with Gasteiger partial charge in [0.15, 0.2) is 0 Å². The van der Waals surface area contributed by atoms with Gasteiger partial charge < -0.3 is 4.98 Å². The molecule has 78 valence electrons. The minimum Gasteiger partial charge on any atom is -0.328 e. The summed E-state index contributed by atoms with van der Waals surface area (Å²) in [5, 5.41) is 0. The van der Waals surface area contributed by atoms with Gasteiger partial charge in [-0.3, -0.25) is 4.79 Å². The van der Waals surface area contributed by atoms with Crippen molar-refractivity contribution >= 4 is 0 Å². The summed E-state index contributed by atoms with van der Waals surface area (Å²) in [6, 6.07) is 13.5. The van der Waals surface area contributed by atoms with Crippen molar-refractivity contribution in [2.45, 2.75) is 6.42 Å². The zero-order chi connectivity index (χ0) is 11.2. The lowest BCUT2D eigenvalue weighted by molar-refractivity contribution is 1.22. The first-order valence-corrected chi connectivity index (χ1v) is 5.07. The Morgan fingerprint density at radius 1 is 1.06 bits per heavy atom. The molecule has 1 heterocycles. The van der Waals surface area contributed by atoms with Crippen LogP contribution in [0.15, 0.2) is 53.5 Å². The summed E-state index contributed by atoms with van der Waals surface area (Å²) in [5.41, 5.74) is 1.53. The molecule has 2 rings (SSSR count). The molecule has 0 unspecified atom stereocenters. The molecule has 0 saturated heterocycles. The Balaban J connectivity index is 2.13. The predicted molar refractivity (Wildman–Crippen MR) is 64.1 cm³/mol. The van der Waals surface area contributed by atoms with Gasteiger partial charge in [-0.1, -0.05) is 42.2 Å². The fourth-order valence-corrected chi connectivity index (χ4v) is 1.36. The smallest absolute Gasteiger partial charge is 0.263 e. The van der Waals surface area contributed by atoms with E-state index in [0.717, 1.165) is 5.56 Å². The van der Waals surface area contributed by atoms with Gasteiger partial charge in [0, 0.05) is 12.6 Å². The molecule has 1 N–H and O–H groups in total. The van der Waals surface area contributed by atoms with Crippen LogP contribution in [0.4, 0.5) is 0 Å². The summed E-state index contributed by atoms with van der Waals surface area (Å²) < 4.78 is 0. The number of benzene rings is 1. The highest BCUT2D eigenvalue weighted by atomic mass is 16.1. The van der Waals surface area contributed by atoms with Crippen molar-refractivity contribution in [3.8, 4) is 11.8 Å². The topological polar surface area (TPSA) is 32.9 Å². The van der Waals surface area contributed by atoms with Crippen LogP contribution in [-0.4, -0.2) is 4.98 Å². The number of aromatic amines is 1. The summed E-state index contributed by atoms with van der Waals surface area (Å²) in [4.78, 5) is 13.9. The van der Waals surface area contributed by atoms with Gasteiger partial charge in [0.25, 0.3) is 5.56 Å². The standard InChI is InChI=1S/C14H11NO/c16-14-13(10-5-11-15-14)9-4-8-12-6-2-1-3-7-12/h1-3,5-7,10-11H,8H2,(H,15,16). The Hall–Kier alpha value is -2.27. The fourth-order valence-electron chi connectivity index (χ4n) is 1.36. The average Bonchev–Trinajstić information content (AvgIpc) is 2.33. The number of aromatic nitrogens is 1. The van der Waals surface area contributed by atoms with Crippen LogP contribution in [0.25, 0.3) is 0 Å². The molecular formula is C14H11NO. The third-order valence-electron chi connectivity index (χ3n) is 2.18. The maximum Gasteiger partial charge on any atom is 0.263 e. The molecule has 2 nitrogen and oxygen atoms in total. The second kappa shape index (κ2) is 4.99. The molecule has 1 aromatic heterocycles. The van der Waals surface area contributed by atoms with Gasteiger partial charge in [0.1, 0.15) is 0 Å². The first-order chi connectivity index (χ1) is 7.86. The van der Waals surface area contributed by atoms with Gasteiger partial charge in [0.05, 0.1) is 5.56 Å². The van der Waals surface area contributed by atoms with E-state index in [4.69, 9.17) is 0 Å². The first kappa shape index (κ1) is 10.3. The summed E-state index contributed by atoms with van der Waals surface area (Å²) in [5.74, 6) is 5.86. The number of H-pyrrole nitrogens is 1. The van der Waals surface area contributed by atoms with Crippen LogP contribution < -0.4 is 5.56 Å². The number of hydrogen-bond acceptors (Lipinski definition) is 1. The number of pyridine rings is 1. The van der Waals surface area contributed by atoms with Crippen LogP contribution in [-0.2, 0) is 6.42 Å². The highest BCUT2D eigenvalue weighted by molar-refractivity contribution is 5.33. The molecule has 0 amide bonds. The molecule has 0 spiro atoms. The lowest BCUT2D eigenvalue weighted by Crippen LogP contribution is -2.07. The normalized spacial score (nSPS) is 9.25. The van der Waals surface area contributed by atoms with Gasteiger partial charge in [-0.25, -0.2) is 0 Å². The Labute approximate surface area is 94.0 Å². The van der Waals surface area contributed by atoms with Crippen molar-refractivity contribution in [2.75, 3.05) is 0 Å². The molecule has 16 heavy (non-hydrogen) atoms. The van der Waals surface area contributed by atoms with E-state index < -0.39 is 0 Å². The number of nitrogens with one attached hydrogen (secondary N) is 1. The van der Waals surface area contributed by atoms with Crippen molar-refractivity contribution in [2.24, 2.45) is 0 Å². The monoisotopic (exact) mass is 209 g/mol. The summed E-state index contributed by atoms with van der Waals surface area (Å²) in [6.45, 7) is 0. The van der Waals surface area contributed by atoms with Crippen molar-refractivity contribution in [3.05, 3.63) is 70.1 Å². The van der Waals surface area contributed by atoms with Gasteiger partial charge in [-0.15, -0.1) is 0 Å². The molecule has 0 aliphatic carbocycles. The predicted octanol–water partition coefficient (Wildman–Crippen LogP) is 1.97. The quantitative estimate of drug-likeness (QED) is 0.716. The van der Waals surface area contributed by atoms with Crippen LogP contribution in [0, 0.1) is 11.8 Å². The van der Waals surface area contributed by atoms with Gasteiger partial charge in [-0.05, 0) is 17.7 Å². The lowest BCUT2D eigenvalue weighted by Gasteiger charge is -1.91. The zero-order valence-electron chi connectivity index (χ0n) is 8.73. The van der Waals surface area contributed by atoms with E-state index in [1.54, 1.807) is 18.3 Å². The van der Waals surface area contributed by atoms with E-state index in [1.165, 1.54) is 0 Å². The van der Waals surface area contributed by atoms with Crippen LogP contribution in [0.3, 0.4) is 0 Å². The van der Waals surface area contributed by atoms with Crippen molar-refractivity contribution < 1.29 is 0 Å². The summed E-state index contributed by atoms with van der Waals surface area (Å²) >= 11 is 0. The third kappa shape index (κ3) is 2.61. The van der Waals surface area contributed by atoms with E-state index in [1.807, 2.05) is 30.3 Å². The van der Waals surface area contributed by atoms with Gasteiger partial charge in [0.2, 0.25) is 0 Å². The second-order valence-corrected chi connectivity index (χ2v) is 3.38. The van der Waals surface area contributed by atoms with Crippen molar-refractivity contribution in [3.63, 3.8) is 0 Å². The molecule has 1 aromatic carbocycles. The molecule has 0 bridgehead atoms. The molecule has 0 saturated carbocycles. The van der Waals surface area contributed by atoms with E-state index in [2.05, 4.69) is 16.8 Å². The van der Waals surface area contributed by atoms with Crippen LogP contribution in [0.1, 0.15) is 11.1 Å². The molecule has 2 heteroatoms. The highest BCUT2D eigenvalue weighted by Gasteiger charge is 1.91. The Bertz CT molecular complexity index is 573. The Morgan fingerprint density at radius 3 is 2.62 bits per heavy atom. The minimum absolute atomic E-state index is 0.136. The highest BCUT2D eigenvalue weighted by Crippen LogP contribution is 1.98. The van der Waals surface area contributed by atoms with Gasteiger partial charge in [-0.2, -0.15) is 0 Å². The minimum atomic E-state index is -0.136. The van der Waals surface area contributed by atoms with Crippen LogP contribution in [0.5, 0.6) is 0 Å². The molecule has 0 atom stereocenters. The molecule has 0 aliphatic rings. The van der Waals surface area contributed by atoms with Crippen LogP contribution >= 0.6 is 0 Å². The summed E-state index contributed by atoms with van der Waals surface area (Å²) in [7, 11) is 0. The van der Waals surface area contributed by atoms with E-state index in [0.29, 0.717) is 12.0 Å². The van der Waals surface area contributed by atoms with Crippen molar-refractivity contribution in [1.29, 1.82) is 0 Å². The maximum atomic E-state index is 11.3. The molecule has 0 fully saturated rings. The number of hydrogen-bond donors (Lipinski definition) is 1. The first-order valence-electron chi connectivity index (χ1n) is 5.07. The second-order valence-electron chi connectivity index (χ2n) is 3.38. The summed E-state index contributed by atoms with van der Waals surface area (Å²) in [6.07, 6.45) is 2.26. The molecule has 0 radical (unpaired) electrons. The number of rotatable bonds is 1. The molecule has 2 aromatic rings. The van der Waals surface area contributed by atoms with E-state index in [9.17, 15) is 4.79 Å². The van der Waals surface area contributed by atoms with Crippen LogP contribution in [0.2, 0.25) is 0 Å². The largest absolute Gasteiger partial charge is 0.328 e. The Kier molecular flexibility index (Phi) is 3.20. The van der Waals surface area contributed by atoms with E-state index in [-0.39, 0.29) is 5.56 Å². The fraction of sp³-hybridized carbons (Fsp3) is 0.0714. The Morgan fingerprint density at radius 2 is 1.88 bits per heavy atom. The SMILES string of the molecule is O=c1[nH]cccc1C#CCc1ccccc1. The lowest BCUT2D eigenvalue weighted by atomic mass is 10.1. The maximum absolute atomic E-state index is 11.3. The van der Waals surface area contributed by atoms with E-state index >= 15 is 0 Å². The average molecular weight is 209 g/mol. The third-order valence-corrected chi connectivity index (χ3v) is 2.18. The molecular weight excluding hydrogens is 198 g/mol. The zero-order valence-corrected chi connectivity index (χ0v) is 8.73. The van der Waals surface area contributed by atoms with Gasteiger partial charge >= 0.3 is 0 Å². The van der Waals surface area contributed by atoms with Crippen molar-refractivity contribution in [1.82, 2.24) is 4.98 Å².